The molecule has 0 aliphatic rings. The van der Waals surface area contributed by atoms with E-state index in [1.165, 1.54) is 0 Å². The van der Waals surface area contributed by atoms with Crippen molar-refractivity contribution in [2.45, 2.75) is 39.8 Å². The molecule has 0 aliphatic carbocycles. The summed E-state index contributed by atoms with van der Waals surface area (Å²) in [4.78, 5) is 4.57. The highest BCUT2D eigenvalue weighted by Crippen LogP contribution is 2.40. The zero-order valence-electron chi connectivity index (χ0n) is 19.5. The molecule has 0 bridgehead atoms. The van der Waals surface area contributed by atoms with Crippen molar-refractivity contribution in [3.8, 4) is 28.6 Å². The Bertz CT molecular complexity index is 783. The van der Waals surface area contributed by atoms with E-state index in [9.17, 15) is 5.11 Å². The fraction of sp³-hybridized carbons (Fsp3) is 0.636. The average molecular weight is 438 g/mol. The van der Waals surface area contributed by atoms with Crippen molar-refractivity contribution in [2.24, 2.45) is 11.8 Å². The zero-order chi connectivity index (χ0) is 23.0. The van der Waals surface area contributed by atoms with Crippen LogP contribution >= 0.6 is 0 Å². The molecule has 0 radical (unpaired) electrons. The first-order valence-electron chi connectivity index (χ1n) is 10.4. The van der Waals surface area contributed by atoms with E-state index in [-0.39, 0.29) is 18.6 Å². The highest BCUT2D eigenvalue weighted by atomic mass is 16.5. The first kappa shape index (κ1) is 24.9. The third-order valence-corrected chi connectivity index (χ3v) is 4.63. The minimum atomic E-state index is -0.627. The molecule has 1 aromatic carbocycles. The fourth-order valence-corrected chi connectivity index (χ4v) is 3.06. The molecule has 9 heteroatoms. The van der Waals surface area contributed by atoms with Crippen LogP contribution < -0.4 is 19.5 Å². The maximum Gasteiger partial charge on any atom is 0.244 e. The highest BCUT2D eigenvalue weighted by molar-refractivity contribution is 5.66. The summed E-state index contributed by atoms with van der Waals surface area (Å²) in [6, 6.07) is 3.32. The monoisotopic (exact) mass is 437 g/mol. The number of ether oxygens (including phenoxy) is 4. The minimum absolute atomic E-state index is 0.164. The summed E-state index contributed by atoms with van der Waals surface area (Å²) in [6.07, 6.45) is -0.627. The highest BCUT2D eigenvalue weighted by Gasteiger charge is 2.24. The van der Waals surface area contributed by atoms with Gasteiger partial charge in [0.2, 0.25) is 17.5 Å². The number of aromatic nitrogens is 2. The van der Waals surface area contributed by atoms with Gasteiger partial charge in [-0.15, -0.1) is 0 Å². The van der Waals surface area contributed by atoms with Gasteiger partial charge < -0.3 is 33.9 Å². The summed E-state index contributed by atoms with van der Waals surface area (Å²) in [5.41, 5.74) is 0.675. The summed E-state index contributed by atoms with van der Waals surface area (Å²) in [5.74, 6) is 2.94. The van der Waals surface area contributed by atoms with Gasteiger partial charge in [0, 0.05) is 18.7 Å². The van der Waals surface area contributed by atoms with E-state index < -0.39 is 6.10 Å². The molecule has 2 N–H and O–H groups in total. The van der Waals surface area contributed by atoms with Crippen molar-refractivity contribution >= 4 is 0 Å². The third-order valence-electron chi connectivity index (χ3n) is 4.63. The first-order chi connectivity index (χ1) is 14.8. The standard InChI is InChI=1S/C22H35N3O6/c1-13(2)11-30-12-16(26)10-23-19(14(3)4)22-24-21(25-31-22)15-8-17(27-5)20(29-7)18(9-15)28-6/h8-9,13-14,16,19,23,26H,10-12H2,1-7H3/t16-,19-/m1/s1. The molecule has 2 aromatic rings. The van der Waals surface area contributed by atoms with Crippen LogP contribution in [-0.4, -0.2) is 62.4 Å². The molecular formula is C22H35N3O6. The van der Waals surface area contributed by atoms with Crippen molar-refractivity contribution in [3.05, 3.63) is 18.0 Å². The third kappa shape index (κ3) is 6.81. The fourth-order valence-electron chi connectivity index (χ4n) is 3.06. The van der Waals surface area contributed by atoms with Crippen LogP contribution in [0.15, 0.2) is 16.7 Å². The summed E-state index contributed by atoms with van der Waals surface area (Å²) in [5, 5.41) is 17.6. The summed E-state index contributed by atoms with van der Waals surface area (Å²) < 4.78 is 27.2. The van der Waals surface area contributed by atoms with Crippen LogP contribution in [0.25, 0.3) is 11.4 Å². The van der Waals surface area contributed by atoms with E-state index in [4.69, 9.17) is 23.5 Å². The van der Waals surface area contributed by atoms with Gasteiger partial charge in [-0.1, -0.05) is 32.9 Å². The molecule has 2 rings (SSSR count). The molecule has 1 heterocycles. The summed E-state index contributed by atoms with van der Waals surface area (Å²) >= 11 is 0. The number of nitrogens with zero attached hydrogens (tertiary/aromatic N) is 2. The van der Waals surface area contributed by atoms with Gasteiger partial charge >= 0.3 is 0 Å². The normalized spacial score (nSPS) is 13.5. The van der Waals surface area contributed by atoms with Gasteiger partial charge in [0.25, 0.3) is 0 Å². The van der Waals surface area contributed by atoms with Crippen LogP contribution in [0.3, 0.4) is 0 Å². The molecule has 0 unspecified atom stereocenters. The second kappa shape index (κ2) is 11.9. The Labute approximate surface area is 184 Å². The molecule has 0 saturated carbocycles. The quantitative estimate of drug-likeness (QED) is 0.489. The first-order valence-corrected chi connectivity index (χ1v) is 10.4. The molecule has 2 atom stereocenters. The van der Waals surface area contributed by atoms with Gasteiger partial charge in [-0.3, -0.25) is 0 Å². The number of nitrogens with one attached hydrogen (secondary N) is 1. The minimum Gasteiger partial charge on any atom is -0.493 e. The van der Waals surface area contributed by atoms with Gasteiger partial charge in [0.1, 0.15) is 0 Å². The molecule has 31 heavy (non-hydrogen) atoms. The van der Waals surface area contributed by atoms with E-state index >= 15 is 0 Å². The van der Waals surface area contributed by atoms with Crippen molar-refractivity contribution < 1.29 is 28.6 Å². The molecule has 9 nitrogen and oxygen atoms in total. The maximum absolute atomic E-state index is 10.2. The molecule has 0 fully saturated rings. The van der Waals surface area contributed by atoms with Crippen molar-refractivity contribution in [2.75, 3.05) is 41.1 Å². The van der Waals surface area contributed by atoms with Crippen LogP contribution in [-0.2, 0) is 4.74 Å². The number of benzene rings is 1. The topological polar surface area (TPSA) is 108 Å². The van der Waals surface area contributed by atoms with Gasteiger partial charge in [0.15, 0.2) is 11.5 Å². The predicted octanol–water partition coefficient (Wildman–Crippen LogP) is 3.08. The lowest BCUT2D eigenvalue weighted by atomic mass is 10.0. The van der Waals surface area contributed by atoms with E-state index in [1.54, 1.807) is 33.5 Å². The lowest BCUT2D eigenvalue weighted by Gasteiger charge is -2.21. The lowest BCUT2D eigenvalue weighted by Crippen LogP contribution is -2.35. The van der Waals surface area contributed by atoms with Crippen LogP contribution in [0.1, 0.15) is 39.6 Å². The predicted molar refractivity (Wildman–Crippen MR) is 117 cm³/mol. The Morgan fingerprint density at radius 2 is 1.65 bits per heavy atom. The zero-order valence-corrected chi connectivity index (χ0v) is 19.5. The number of aliphatic hydroxyl groups is 1. The maximum atomic E-state index is 10.2. The molecule has 0 amide bonds. The average Bonchev–Trinajstić information content (AvgIpc) is 3.22. The lowest BCUT2D eigenvalue weighted by molar-refractivity contribution is 0.0237. The number of rotatable bonds is 13. The van der Waals surface area contributed by atoms with Crippen LogP contribution in [0.2, 0.25) is 0 Å². The Kier molecular flexibility index (Phi) is 9.54. The van der Waals surface area contributed by atoms with E-state index in [0.717, 1.165) is 0 Å². The number of aliphatic hydroxyl groups excluding tert-OH is 1. The Morgan fingerprint density at radius 3 is 2.16 bits per heavy atom. The molecule has 0 aliphatic heterocycles. The Balaban J connectivity index is 2.15. The van der Waals surface area contributed by atoms with Crippen molar-refractivity contribution in [1.29, 1.82) is 0 Å². The largest absolute Gasteiger partial charge is 0.493 e. The Morgan fingerprint density at radius 1 is 1.00 bits per heavy atom. The van der Waals surface area contributed by atoms with Crippen LogP contribution in [0.4, 0.5) is 0 Å². The number of methoxy groups -OCH3 is 3. The smallest absolute Gasteiger partial charge is 0.244 e. The number of hydrogen-bond acceptors (Lipinski definition) is 9. The number of hydrogen-bond donors (Lipinski definition) is 2. The Hall–Kier alpha value is -2.36. The van der Waals surface area contributed by atoms with Crippen molar-refractivity contribution in [1.82, 2.24) is 15.5 Å². The molecule has 0 spiro atoms. The SMILES string of the molecule is COc1cc(-c2noc([C@H](NC[C@@H](O)COCC(C)C)C(C)C)n2)cc(OC)c1OC. The van der Waals surface area contributed by atoms with Crippen molar-refractivity contribution in [3.63, 3.8) is 0 Å². The van der Waals surface area contributed by atoms with E-state index in [0.29, 0.717) is 53.6 Å². The van der Waals surface area contributed by atoms with Crippen LogP contribution in [0.5, 0.6) is 17.2 Å². The van der Waals surface area contributed by atoms with Crippen LogP contribution in [0, 0.1) is 11.8 Å². The second-order valence-electron chi connectivity index (χ2n) is 8.09. The second-order valence-corrected chi connectivity index (χ2v) is 8.09. The molecule has 0 saturated heterocycles. The van der Waals surface area contributed by atoms with Gasteiger partial charge in [-0.05, 0) is 24.0 Å². The van der Waals surface area contributed by atoms with Gasteiger partial charge in [0.05, 0.1) is 40.1 Å². The summed E-state index contributed by atoms with van der Waals surface area (Å²) in [7, 11) is 4.66. The van der Waals surface area contributed by atoms with E-state index in [2.05, 4.69) is 29.3 Å². The summed E-state index contributed by atoms with van der Waals surface area (Å²) in [6.45, 7) is 9.47. The van der Waals surface area contributed by atoms with E-state index in [1.807, 2.05) is 13.8 Å². The van der Waals surface area contributed by atoms with Gasteiger partial charge in [-0.2, -0.15) is 4.98 Å². The molecule has 174 valence electrons. The van der Waals surface area contributed by atoms with Gasteiger partial charge in [-0.25, -0.2) is 0 Å². The molecule has 1 aromatic heterocycles. The molecular weight excluding hydrogens is 402 g/mol.